The maximum absolute atomic E-state index is 14.0. The summed E-state index contributed by atoms with van der Waals surface area (Å²) in [5, 5.41) is 16.2. The van der Waals surface area contributed by atoms with Gasteiger partial charge >= 0.3 is 0 Å². The van der Waals surface area contributed by atoms with E-state index in [1.54, 1.807) is 54.9 Å². The number of pyridine rings is 1. The van der Waals surface area contributed by atoms with Crippen molar-refractivity contribution in [2.24, 2.45) is 0 Å². The molecule has 0 amide bonds. The molecule has 2 fully saturated rings. The van der Waals surface area contributed by atoms with Gasteiger partial charge in [0.25, 0.3) is 5.89 Å². The maximum Gasteiger partial charge on any atom is 0.250 e. The lowest BCUT2D eigenvalue weighted by Gasteiger charge is -2.22. The van der Waals surface area contributed by atoms with E-state index >= 15 is 0 Å². The standard InChI is InChI=1S/C22H24FN3O3S.C20H22N4O5S/c1-14-11-15(2)18(16(3)12-14)13-30(27,28)26-10-6-9-20(26)22-25-24-21(29-22)17-7-4-5-8-19(17)23;1-27-16-7-8-18(28-2)15(11-16)13-30(25,26)24-10-4-6-17(24)20-23-22-19(29-20)14-5-3-9-21-12-14/h4-5,7-8,11-12,20H,6,9-10,13H2,1-3H3;3,5,7-9,11-12,17H,4,6,10,13H2,1-2H3. The van der Waals surface area contributed by atoms with Crippen molar-refractivity contribution in [1.82, 2.24) is 34.0 Å². The van der Waals surface area contributed by atoms with Gasteiger partial charge in [0.2, 0.25) is 37.7 Å². The van der Waals surface area contributed by atoms with E-state index in [4.69, 9.17) is 18.3 Å². The van der Waals surface area contributed by atoms with Crippen molar-refractivity contribution in [2.45, 2.75) is 70.0 Å². The zero-order valence-corrected chi connectivity index (χ0v) is 35.5. The van der Waals surface area contributed by atoms with Gasteiger partial charge < -0.3 is 18.3 Å². The van der Waals surface area contributed by atoms with Crippen LogP contribution >= 0.6 is 0 Å². The first kappa shape index (κ1) is 42.6. The molecule has 3 aromatic carbocycles. The van der Waals surface area contributed by atoms with Gasteiger partial charge in [-0.2, -0.15) is 8.61 Å². The Balaban J connectivity index is 0.000000181. The predicted molar refractivity (Wildman–Crippen MR) is 220 cm³/mol. The summed E-state index contributed by atoms with van der Waals surface area (Å²) >= 11 is 0. The van der Waals surface area contributed by atoms with Crippen molar-refractivity contribution >= 4 is 20.0 Å². The highest BCUT2D eigenvalue weighted by molar-refractivity contribution is 7.88. The molecule has 316 valence electrons. The predicted octanol–water partition coefficient (Wildman–Crippen LogP) is 7.28. The normalized spacial score (nSPS) is 17.4. The molecule has 2 unspecified atom stereocenters. The molecule has 0 spiro atoms. The molecule has 2 saturated heterocycles. The van der Waals surface area contributed by atoms with Crippen LogP contribution in [0.1, 0.15) is 77.4 Å². The maximum atomic E-state index is 14.0. The second-order valence-electron chi connectivity index (χ2n) is 14.7. The molecule has 0 aliphatic carbocycles. The van der Waals surface area contributed by atoms with Gasteiger partial charge in [0.15, 0.2) is 0 Å². The minimum absolute atomic E-state index is 0.0533. The molecular weight excluding hydrogens is 814 g/mol. The summed E-state index contributed by atoms with van der Waals surface area (Å²) in [6.45, 7) is 6.66. The Morgan fingerprint density at radius 1 is 0.733 bits per heavy atom. The van der Waals surface area contributed by atoms with Gasteiger partial charge in [-0.15, -0.1) is 20.4 Å². The number of aryl methyl sites for hydroxylation is 3. The molecule has 6 aromatic rings. The van der Waals surface area contributed by atoms with Crippen LogP contribution in [0.2, 0.25) is 0 Å². The molecule has 2 atom stereocenters. The number of benzene rings is 3. The van der Waals surface area contributed by atoms with E-state index in [-0.39, 0.29) is 34.7 Å². The molecule has 18 heteroatoms. The molecule has 3 aromatic heterocycles. The fourth-order valence-corrected chi connectivity index (χ4v) is 11.5. The van der Waals surface area contributed by atoms with E-state index in [9.17, 15) is 21.2 Å². The first-order valence-corrected chi connectivity index (χ1v) is 22.6. The Kier molecular flexibility index (Phi) is 12.7. The first-order valence-electron chi connectivity index (χ1n) is 19.4. The van der Waals surface area contributed by atoms with Gasteiger partial charge in [0, 0.05) is 31.0 Å². The van der Waals surface area contributed by atoms with Gasteiger partial charge in [0.1, 0.15) is 29.4 Å². The Bertz CT molecular complexity index is 2650. The van der Waals surface area contributed by atoms with Crippen molar-refractivity contribution in [3.63, 3.8) is 0 Å². The number of sulfonamides is 2. The summed E-state index contributed by atoms with van der Waals surface area (Å²) in [7, 11) is -4.22. The van der Waals surface area contributed by atoms with Crippen LogP contribution in [0.15, 0.2) is 88.0 Å². The molecule has 5 heterocycles. The Morgan fingerprint density at radius 2 is 1.35 bits per heavy atom. The molecule has 2 aliphatic heterocycles. The summed E-state index contributed by atoms with van der Waals surface area (Å²) in [5.41, 5.74) is 5.28. The summed E-state index contributed by atoms with van der Waals surface area (Å²) in [4.78, 5) is 4.04. The molecule has 0 saturated carbocycles. The number of nitrogens with zero attached hydrogens (tertiary/aromatic N) is 7. The quantitative estimate of drug-likeness (QED) is 0.120. The van der Waals surface area contributed by atoms with Gasteiger partial charge in [-0.05, 0) is 106 Å². The molecule has 15 nitrogen and oxygen atoms in total. The number of rotatable bonds is 12. The average molecular weight is 860 g/mol. The Hall–Kier alpha value is -5.56. The fraction of sp³-hybridized carbons (Fsp3) is 0.357. The SMILES string of the molecule is COc1ccc(OC)c(CS(=O)(=O)N2CCCC2c2nnc(-c3cccnc3)o2)c1.Cc1cc(C)c(CS(=O)(=O)N2CCCC2c2nnc(-c3ccccc3F)o2)c(C)c1. The molecule has 0 radical (unpaired) electrons. The monoisotopic (exact) mass is 859 g/mol. The zero-order valence-electron chi connectivity index (χ0n) is 33.9. The highest BCUT2D eigenvalue weighted by atomic mass is 32.2. The lowest BCUT2D eigenvalue weighted by Crippen LogP contribution is -2.32. The van der Waals surface area contributed by atoms with E-state index in [0.29, 0.717) is 67.3 Å². The van der Waals surface area contributed by atoms with E-state index < -0.39 is 37.9 Å². The van der Waals surface area contributed by atoms with Gasteiger partial charge in [0.05, 0.1) is 36.9 Å². The molecule has 8 rings (SSSR count). The number of aromatic nitrogens is 5. The van der Waals surface area contributed by atoms with Crippen molar-refractivity contribution in [1.29, 1.82) is 0 Å². The minimum atomic E-state index is -3.67. The third kappa shape index (κ3) is 9.26. The second-order valence-corrected chi connectivity index (χ2v) is 18.6. The van der Waals surface area contributed by atoms with Crippen LogP contribution in [-0.2, 0) is 31.6 Å². The van der Waals surface area contributed by atoms with Crippen molar-refractivity contribution in [2.75, 3.05) is 27.3 Å². The molecular formula is C42H46FN7O8S2. The highest BCUT2D eigenvalue weighted by Crippen LogP contribution is 2.38. The van der Waals surface area contributed by atoms with Crippen molar-refractivity contribution in [3.8, 4) is 34.4 Å². The van der Waals surface area contributed by atoms with Crippen LogP contribution in [0.4, 0.5) is 4.39 Å². The van der Waals surface area contributed by atoms with Gasteiger partial charge in [-0.1, -0.05) is 29.8 Å². The number of hydrogen-bond acceptors (Lipinski definition) is 13. The second kappa shape index (κ2) is 18.0. The van der Waals surface area contributed by atoms with Crippen LogP contribution < -0.4 is 9.47 Å². The number of hydrogen-bond donors (Lipinski definition) is 0. The highest BCUT2D eigenvalue weighted by Gasteiger charge is 2.40. The topological polar surface area (TPSA) is 184 Å². The molecule has 2 aliphatic rings. The van der Waals surface area contributed by atoms with Gasteiger partial charge in [-0.25, -0.2) is 21.2 Å². The summed E-state index contributed by atoms with van der Waals surface area (Å²) in [5.74, 6) is 1.16. The Labute approximate surface area is 348 Å². The number of halogens is 1. The van der Waals surface area contributed by atoms with Crippen LogP contribution in [0, 0.1) is 26.6 Å². The molecule has 0 bridgehead atoms. The third-order valence-electron chi connectivity index (χ3n) is 10.6. The lowest BCUT2D eigenvalue weighted by atomic mass is 10.0. The smallest absolute Gasteiger partial charge is 0.250 e. The van der Waals surface area contributed by atoms with Crippen molar-refractivity contribution in [3.05, 3.63) is 125 Å². The van der Waals surface area contributed by atoms with E-state index in [0.717, 1.165) is 22.3 Å². The fourth-order valence-electron chi connectivity index (χ4n) is 7.70. The van der Waals surface area contributed by atoms with E-state index in [1.807, 2.05) is 39.0 Å². The van der Waals surface area contributed by atoms with E-state index in [2.05, 4.69) is 25.4 Å². The van der Waals surface area contributed by atoms with Crippen LogP contribution in [0.3, 0.4) is 0 Å². The molecule has 60 heavy (non-hydrogen) atoms. The van der Waals surface area contributed by atoms with E-state index in [1.165, 1.54) is 28.9 Å². The van der Waals surface area contributed by atoms with Gasteiger partial charge in [-0.3, -0.25) is 4.98 Å². The average Bonchev–Trinajstić information content (AvgIpc) is 4.07. The number of methoxy groups -OCH3 is 2. The summed E-state index contributed by atoms with van der Waals surface area (Å²) < 4.78 is 92.1. The lowest BCUT2D eigenvalue weighted by molar-refractivity contribution is 0.331. The minimum Gasteiger partial charge on any atom is -0.497 e. The van der Waals surface area contributed by atoms with Crippen LogP contribution in [0.5, 0.6) is 11.5 Å². The largest absolute Gasteiger partial charge is 0.497 e. The van der Waals surface area contributed by atoms with Crippen LogP contribution in [-0.4, -0.2) is 78.1 Å². The molecule has 0 N–H and O–H groups in total. The van der Waals surface area contributed by atoms with Crippen molar-refractivity contribution < 1.29 is 39.5 Å². The third-order valence-corrected chi connectivity index (χ3v) is 14.2. The Morgan fingerprint density at radius 3 is 1.95 bits per heavy atom. The number of ether oxygens (including phenoxy) is 2. The van der Waals surface area contributed by atoms with Crippen LogP contribution in [0.25, 0.3) is 22.9 Å². The summed E-state index contributed by atoms with van der Waals surface area (Å²) in [6.07, 6.45) is 5.89. The zero-order chi connectivity index (χ0) is 42.6. The summed E-state index contributed by atoms with van der Waals surface area (Å²) in [6, 6.07) is 17.8. The first-order chi connectivity index (χ1) is 28.8.